The summed E-state index contributed by atoms with van der Waals surface area (Å²) in [5, 5.41) is 3.69. The van der Waals surface area contributed by atoms with E-state index in [9.17, 15) is 9.59 Å². The van der Waals surface area contributed by atoms with Gasteiger partial charge in [0.2, 0.25) is 5.91 Å². The molecule has 6 heteroatoms. The van der Waals surface area contributed by atoms with Crippen LogP contribution in [0.25, 0.3) is 0 Å². The van der Waals surface area contributed by atoms with E-state index in [2.05, 4.69) is 10.3 Å². The summed E-state index contributed by atoms with van der Waals surface area (Å²) in [6, 6.07) is 17.6. The number of carbonyl (C=O) groups is 2. The molecular weight excluding hydrogens is 346 g/mol. The van der Waals surface area contributed by atoms with Crippen molar-refractivity contribution in [2.75, 3.05) is 5.32 Å². The van der Waals surface area contributed by atoms with E-state index in [1.54, 1.807) is 6.92 Å². The Bertz CT molecular complexity index is 872. The molecule has 0 spiro atoms. The molecule has 4 rings (SSSR count). The number of thioether (sulfide) groups is 1. The predicted octanol–water partition coefficient (Wildman–Crippen LogP) is 3.42. The molecule has 2 aromatic rings. The number of amides is 2. The smallest absolute Gasteiger partial charge is 0.265 e. The fraction of sp³-hybridized carbons (Fsp3) is 0.250. The first-order chi connectivity index (χ1) is 12.5. The monoisotopic (exact) mass is 365 g/mol. The number of para-hydroxylation sites is 1. The number of anilines is 1. The van der Waals surface area contributed by atoms with Gasteiger partial charge in [-0.2, -0.15) is 4.99 Å². The molecular formula is C20H19N3O2S. The van der Waals surface area contributed by atoms with E-state index >= 15 is 0 Å². The highest BCUT2D eigenvalue weighted by molar-refractivity contribution is 8.16. The van der Waals surface area contributed by atoms with Crippen molar-refractivity contribution < 1.29 is 9.59 Å². The summed E-state index contributed by atoms with van der Waals surface area (Å²) in [7, 11) is 0. The normalized spacial score (nSPS) is 21.5. The highest BCUT2D eigenvalue weighted by atomic mass is 32.2. The fourth-order valence-electron chi connectivity index (χ4n) is 3.21. The second-order valence-corrected chi connectivity index (χ2v) is 8.23. The Balaban J connectivity index is 1.41. The van der Waals surface area contributed by atoms with Gasteiger partial charge in [-0.25, -0.2) is 0 Å². The lowest BCUT2D eigenvalue weighted by Crippen LogP contribution is -2.36. The Labute approximate surface area is 156 Å². The zero-order valence-electron chi connectivity index (χ0n) is 14.4. The second kappa shape index (κ2) is 6.61. The predicted molar refractivity (Wildman–Crippen MR) is 104 cm³/mol. The van der Waals surface area contributed by atoms with Crippen LogP contribution in [0.3, 0.4) is 0 Å². The molecule has 0 aromatic heterocycles. The van der Waals surface area contributed by atoms with Gasteiger partial charge < -0.3 is 10.2 Å². The minimum absolute atomic E-state index is 0.0132. The topological polar surface area (TPSA) is 61.8 Å². The summed E-state index contributed by atoms with van der Waals surface area (Å²) < 4.78 is -0.858. The van der Waals surface area contributed by atoms with Crippen LogP contribution in [0.4, 0.5) is 5.69 Å². The molecule has 0 saturated carbocycles. The number of amidine groups is 1. The van der Waals surface area contributed by atoms with Gasteiger partial charge in [-0.3, -0.25) is 9.59 Å². The highest BCUT2D eigenvalue weighted by Gasteiger charge is 2.44. The van der Waals surface area contributed by atoms with Crippen LogP contribution >= 0.6 is 11.8 Å². The van der Waals surface area contributed by atoms with E-state index in [-0.39, 0.29) is 18.2 Å². The van der Waals surface area contributed by atoms with E-state index in [0.717, 1.165) is 5.69 Å². The number of hydrogen-bond acceptors (Lipinski definition) is 4. The quantitative estimate of drug-likeness (QED) is 0.905. The molecule has 2 amide bonds. The van der Waals surface area contributed by atoms with E-state index in [1.807, 2.05) is 59.5 Å². The molecule has 2 aromatic carbocycles. The Kier molecular flexibility index (Phi) is 4.28. The third-order valence-corrected chi connectivity index (χ3v) is 5.84. The molecule has 1 unspecified atom stereocenters. The van der Waals surface area contributed by atoms with Crippen LogP contribution < -0.4 is 5.32 Å². The number of hydrogen-bond donors (Lipinski definition) is 1. The van der Waals surface area contributed by atoms with Crippen molar-refractivity contribution in [3.63, 3.8) is 0 Å². The number of carbonyl (C=O) groups excluding carboxylic acids is 2. The van der Waals surface area contributed by atoms with Crippen molar-refractivity contribution in [3.8, 4) is 0 Å². The molecule has 0 fully saturated rings. The second-order valence-electron chi connectivity index (χ2n) is 6.74. The molecule has 0 saturated heterocycles. The molecule has 26 heavy (non-hydrogen) atoms. The van der Waals surface area contributed by atoms with Gasteiger partial charge in [-0.05, 0) is 30.2 Å². The fourth-order valence-corrected chi connectivity index (χ4v) is 4.26. The van der Waals surface area contributed by atoms with Gasteiger partial charge in [0.15, 0.2) is 5.17 Å². The van der Waals surface area contributed by atoms with Crippen LogP contribution in [0.2, 0.25) is 0 Å². The van der Waals surface area contributed by atoms with Crippen molar-refractivity contribution in [2.45, 2.75) is 31.2 Å². The van der Waals surface area contributed by atoms with Crippen LogP contribution in [0.15, 0.2) is 59.6 Å². The maximum Gasteiger partial charge on any atom is 0.265 e. The Morgan fingerprint density at radius 1 is 1.12 bits per heavy atom. The van der Waals surface area contributed by atoms with Gasteiger partial charge in [-0.1, -0.05) is 54.2 Å². The van der Waals surface area contributed by atoms with Crippen LogP contribution in [0, 0.1) is 0 Å². The number of rotatable bonds is 3. The molecule has 0 bridgehead atoms. The minimum Gasteiger partial charge on any atom is -0.335 e. The lowest BCUT2D eigenvalue weighted by atomic mass is 10.1. The number of aliphatic imine (C=N–C) groups is 1. The van der Waals surface area contributed by atoms with Crippen molar-refractivity contribution in [1.82, 2.24) is 4.90 Å². The number of fused-ring (bicyclic) bond motifs is 1. The van der Waals surface area contributed by atoms with E-state index in [1.165, 1.54) is 22.9 Å². The molecule has 1 atom stereocenters. The standard InChI is InChI=1S/C20H19N3O2S/c1-20(11-17(24)23-12-14-7-5-6-8-15(14)13-23)18(25)22-19(26-20)21-16-9-3-2-4-10-16/h2-10H,11-13H2,1H3,(H,21,22,25). The van der Waals surface area contributed by atoms with E-state index in [0.29, 0.717) is 18.3 Å². The van der Waals surface area contributed by atoms with Crippen molar-refractivity contribution in [1.29, 1.82) is 0 Å². The SMILES string of the molecule is CC1(CC(=O)N2Cc3ccccc3C2)SC(Nc2ccccc2)=NC1=O. The molecule has 1 N–H and O–H groups in total. The van der Waals surface area contributed by atoms with Crippen LogP contribution in [-0.4, -0.2) is 26.6 Å². The van der Waals surface area contributed by atoms with Gasteiger partial charge in [0, 0.05) is 18.8 Å². The van der Waals surface area contributed by atoms with Gasteiger partial charge in [-0.15, -0.1) is 0 Å². The number of benzene rings is 2. The molecule has 132 valence electrons. The first-order valence-electron chi connectivity index (χ1n) is 8.52. The van der Waals surface area contributed by atoms with Gasteiger partial charge in [0.1, 0.15) is 4.75 Å². The summed E-state index contributed by atoms with van der Waals surface area (Å²) in [6.45, 7) is 3.02. The third kappa shape index (κ3) is 3.24. The summed E-state index contributed by atoms with van der Waals surface area (Å²) in [5.74, 6) is -0.272. The van der Waals surface area contributed by atoms with Crippen LogP contribution in [-0.2, 0) is 22.7 Å². The number of nitrogens with one attached hydrogen (secondary N) is 1. The van der Waals surface area contributed by atoms with Gasteiger partial charge in [0.05, 0.1) is 6.42 Å². The van der Waals surface area contributed by atoms with Crippen molar-refractivity contribution >= 4 is 34.4 Å². The van der Waals surface area contributed by atoms with Gasteiger partial charge in [0.25, 0.3) is 5.91 Å². The maximum atomic E-state index is 12.8. The van der Waals surface area contributed by atoms with Crippen LogP contribution in [0.1, 0.15) is 24.5 Å². The zero-order valence-corrected chi connectivity index (χ0v) is 15.3. The third-order valence-electron chi connectivity index (χ3n) is 4.68. The zero-order chi connectivity index (χ0) is 18.1. The van der Waals surface area contributed by atoms with E-state index < -0.39 is 4.75 Å². The van der Waals surface area contributed by atoms with Gasteiger partial charge >= 0.3 is 0 Å². The molecule has 0 radical (unpaired) electrons. The molecule has 0 aliphatic carbocycles. The first-order valence-corrected chi connectivity index (χ1v) is 9.34. The average Bonchev–Trinajstić information content (AvgIpc) is 3.17. The molecule has 2 aliphatic heterocycles. The highest BCUT2D eigenvalue weighted by Crippen LogP contribution is 2.38. The average molecular weight is 365 g/mol. The summed E-state index contributed by atoms with van der Waals surface area (Å²) >= 11 is 1.33. The Morgan fingerprint density at radius 2 is 1.73 bits per heavy atom. The summed E-state index contributed by atoms with van der Waals surface area (Å²) in [5.41, 5.74) is 3.23. The molecule has 2 heterocycles. The van der Waals surface area contributed by atoms with Crippen molar-refractivity contribution in [3.05, 3.63) is 65.7 Å². The minimum atomic E-state index is -0.858. The van der Waals surface area contributed by atoms with Crippen molar-refractivity contribution in [2.24, 2.45) is 4.99 Å². The lowest BCUT2D eigenvalue weighted by Gasteiger charge is -2.23. The summed E-state index contributed by atoms with van der Waals surface area (Å²) in [6.07, 6.45) is 0.147. The summed E-state index contributed by atoms with van der Waals surface area (Å²) in [4.78, 5) is 31.1. The first kappa shape index (κ1) is 16.8. The van der Waals surface area contributed by atoms with E-state index in [4.69, 9.17) is 0 Å². The maximum absolute atomic E-state index is 12.8. The molecule has 5 nitrogen and oxygen atoms in total. The Hall–Kier alpha value is -2.60. The Morgan fingerprint density at radius 3 is 2.38 bits per heavy atom. The number of nitrogens with zero attached hydrogens (tertiary/aromatic N) is 2. The lowest BCUT2D eigenvalue weighted by molar-refractivity contribution is -0.134. The van der Waals surface area contributed by atoms with Crippen LogP contribution in [0.5, 0.6) is 0 Å². The molecule has 2 aliphatic rings. The largest absolute Gasteiger partial charge is 0.335 e.